The van der Waals surface area contributed by atoms with Gasteiger partial charge in [0.2, 0.25) is 0 Å². The van der Waals surface area contributed by atoms with Crippen LogP contribution in [0.5, 0.6) is 0 Å². The van der Waals surface area contributed by atoms with Gasteiger partial charge in [-0.2, -0.15) is 0 Å². The van der Waals surface area contributed by atoms with Crippen LogP contribution in [0, 0.1) is 0 Å². The lowest BCUT2D eigenvalue weighted by atomic mass is 10.2. The fourth-order valence-electron chi connectivity index (χ4n) is 0.578. The van der Waals surface area contributed by atoms with Crippen LogP contribution < -0.4 is 0 Å². The molecule has 0 saturated heterocycles. The van der Waals surface area contributed by atoms with Gasteiger partial charge >= 0.3 is 0 Å². The third-order valence-corrected chi connectivity index (χ3v) is 1.11. The van der Waals surface area contributed by atoms with Crippen LogP contribution in [-0.4, -0.2) is 11.2 Å². The fourth-order valence-corrected chi connectivity index (χ4v) is 0.578. The van der Waals surface area contributed by atoms with Crippen LogP contribution in [0.3, 0.4) is 0 Å². The summed E-state index contributed by atoms with van der Waals surface area (Å²) >= 11 is 0. The zero-order valence-electron chi connectivity index (χ0n) is 8.83. The highest BCUT2D eigenvalue weighted by atomic mass is 16.3. The minimum Gasteiger partial charge on any atom is -0.389 e. The molecule has 13 heavy (non-hydrogen) atoms. The van der Waals surface area contributed by atoms with Crippen LogP contribution in [-0.2, 0) is 0 Å². The Balaban J connectivity index is 0. The van der Waals surface area contributed by atoms with Crippen LogP contribution in [0.4, 0.5) is 0 Å². The van der Waals surface area contributed by atoms with Gasteiger partial charge in [0.25, 0.3) is 0 Å². The first-order valence-electron chi connectivity index (χ1n) is 4.52. The molecule has 0 aromatic carbocycles. The largest absolute Gasteiger partial charge is 0.389 e. The molecule has 0 fully saturated rings. The van der Waals surface area contributed by atoms with E-state index >= 15 is 0 Å². The summed E-state index contributed by atoms with van der Waals surface area (Å²) in [5.41, 5.74) is 0.945. The summed E-state index contributed by atoms with van der Waals surface area (Å²) < 4.78 is 0. The summed E-state index contributed by atoms with van der Waals surface area (Å²) in [7, 11) is 0. The molecule has 1 nitrogen and oxygen atoms in total. The van der Waals surface area contributed by atoms with Crippen LogP contribution in [0.25, 0.3) is 0 Å². The van der Waals surface area contributed by atoms with E-state index in [2.05, 4.69) is 13.2 Å². The lowest BCUT2D eigenvalue weighted by Crippen LogP contribution is -1.91. The molecule has 1 atom stereocenters. The molecule has 0 bridgehead atoms. The van der Waals surface area contributed by atoms with Crippen LogP contribution in [0.15, 0.2) is 49.1 Å². The van der Waals surface area contributed by atoms with Crippen molar-refractivity contribution in [3.8, 4) is 0 Å². The third kappa shape index (κ3) is 10.9. The Labute approximate surface area is 81.8 Å². The monoisotopic (exact) mass is 180 g/mol. The molecule has 0 aliphatic rings. The quantitative estimate of drug-likeness (QED) is 0.658. The molecular weight excluding hydrogens is 160 g/mol. The van der Waals surface area contributed by atoms with E-state index in [1.807, 2.05) is 19.9 Å². The van der Waals surface area contributed by atoms with Gasteiger partial charge in [0, 0.05) is 0 Å². The van der Waals surface area contributed by atoms with Crippen LogP contribution in [0.2, 0.25) is 0 Å². The maximum absolute atomic E-state index is 8.89. The predicted molar refractivity (Wildman–Crippen MR) is 60.6 cm³/mol. The first-order valence-corrected chi connectivity index (χ1v) is 4.52. The Bertz CT molecular complexity index is 185. The lowest BCUT2D eigenvalue weighted by Gasteiger charge is -1.93. The summed E-state index contributed by atoms with van der Waals surface area (Å²) in [6, 6.07) is 0. The van der Waals surface area contributed by atoms with E-state index in [0.29, 0.717) is 0 Å². The van der Waals surface area contributed by atoms with Gasteiger partial charge in [0.15, 0.2) is 0 Å². The van der Waals surface area contributed by atoms with Crippen molar-refractivity contribution < 1.29 is 5.11 Å². The van der Waals surface area contributed by atoms with Gasteiger partial charge in [-0.15, -0.1) is 0 Å². The summed E-state index contributed by atoms with van der Waals surface area (Å²) in [4.78, 5) is 0. The molecule has 0 aliphatic carbocycles. The molecule has 1 unspecified atom stereocenters. The van der Waals surface area contributed by atoms with Gasteiger partial charge in [-0.3, -0.25) is 0 Å². The molecule has 1 heteroatoms. The van der Waals surface area contributed by atoms with Gasteiger partial charge in [0.1, 0.15) is 0 Å². The molecule has 1 N–H and O–H groups in total. The first-order chi connectivity index (χ1) is 6.20. The highest BCUT2D eigenvalue weighted by Crippen LogP contribution is 1.99. The Morgan fingerprint density at radius 2 is 1.85 bits per heavy atom. The number of hydrogen-bond donors (Lipinski definition) is 1. The van der Waals surface area contributed by atoms with Crippen molar-refractivity contribution in [3.05, 3.63) is 49.1 Å². The van der Waals surface area contributed by atoms with Gasteiger partial charge in [-0.05, 0) is 12.5 Å². The van der Waals surface area contributed by atoms with Crippen molar-refractivity contribution >= 4 is 0 Å². The summed E-state index contributed by atoms with van der Waals surface area (Å²) in [5, 5.41) is 8.89. The first kappa shape index (κ1) is 14.4. The standard InChI is InChI=1S/C10H14O.C2H6/c1-4-6-10(5-2)8-7-9(3)11;1-2/h4-9,11H,1-2H2,3H3;1-2H3/b8-7+,10-6+;. The Morgan fingerprint density at radius 1 is 1.31 bits per heavy atom. The third-order valence-electron chi connectivity index (χ3n) is 1.11. The zero-order valence-corrected chi connectivity index (χ0v) is 8.83. The molecular formula is C12H20O. The number of rotatable bonds is 4. The van der Waals surface area contributed by atoms with Gasteiger partial charge in [-0.1, -0.05) is 57.4 Å². The Kier molecular flexibility index (Phi) is 12.1. The second-order valence-corrected chi connectivity index (χ2v) is 2.21. The molecule has 0 spiro atoms. The molecule has 0 aliphatic heterocycles. The maximum atomic E-state index is 8.89. The van der Waals surface area contributed by atoms with Crippen molar-refractivity contribution in [3.63, 3.8) is 0 Å². The van der Waals surface area contributed by atoms with E-state index < -0.39 is 6.10 Å². The van der Waals surface area contributed by atoms with Crippen LogP contribution in [0.1, 0.15) is 20.8 Å². The normalized spacial score (nSPS) is 13.1. The summed E-state index contributed by atoms with van der Waals surface area (Å²) in [6.45, 7) is 12.9. The molecule has 0 amide bonds. The predicted octanol–water partition coefficient (Wildman–Crippen LogP) is 3.25. The Hall–Kier alpha value is -1.08. The number of hydrogen-bond acceptors (Lipinski definition) is 1. The molecule has 0 rings (SSSR count). The van der Waals surface area contributed by atoms with Crippen molar-refractivity contribution in [2.75, 3.05) is 0 Å². The average molecular weight is 180 g/mol. The van der Waals surface area contributed by atoms with Gasteiger partial charge in [0.05, 0.1) is 6.10 Å². The van der Waals surface area contributed by atoms with Gasteiger partial charge < -0.3 is 5.11 Å². The lowest BCUT2D eigenvalue weighted by molar-refractivity contribution is 0.244. The molecule has 74 valence electrons. The molecule has 0 saturated carbocycles. The Morgan fingerprint density at radius 3 is 2.15 bits per heavy atom. The van der Waals surface area contributed by atoms with Gasteiger partial charge in [-0.25, -0.2) is 0 Å². The van der Waals surface area contributed by atoms with E-state index in [9.17, 15) is 0 Å². The van der Waals surface area contributed by atoms with E-state index in [4.69, 9.17) is 5.11 Å². The number of allylic oxidation sites excluding steroid dienone is 5. The minimum absolute atomic E-state index is 0.414. The second-order valence-electron chi connectivity index (χ2n) is 2.21. The maximum Gasteiger partial charge on any atom is 0.0696 e. The molecule has 0 radical (unpaired) electrons. The fraction of sp³-hybridized carbons (Fsp3) is 0.333. The topological polar surface area (TPSA) is 20.2 Å². The zero-order chi connectivity index (χ0) is 10.7. The summed E-state index contributed by atoms with van der Waals surface area (Å²) in [5.74, 6) is 0. The SMILES string of the molecule is C=C/C=C(C=C)/C=C/C(C)O.CC. The van der Waals surface area contributed by atoms with E-state index in [1.165, 1.54) is 0 Å². The van der Waals surface area contributed by atoms with Crippen molar-refractivity contribution in [1.82, 2.24) is 0 Å². The minimum atomic E-state index is -0.414. The van der Waals surface area contributed by atoms with E-state index in [1.54, 1.807) is 31.2 Å². The van der Waals surface area contributed by atoms with Crippen molar-refractivity contribution in [2.45, 2.75) is 26.9 Å². The van der Waals surface area contributed by atoms with Crippen molar-refractivity contribution in [2.24, 2.45) is 0 Å². The molecule has 0 heterocycles. The number of aliphatic hydroxyl groups is 1. The number of aliphatic hydroxyl groups excluding tert-OH is 1. The van der Waals surface area contributed by atoms with Crippen molar-refractivity contribution in [1.29, 1.82) is 0 Å². The van der Waals surface area contributed by atoms with E-state index in [0.717, 1.165) is 5.57 Å². The second kappa shape index (κ2) is 10.9. The highest BCUT2D eigenvalue weighted by molar-refractivity contribution is 5.32. The highest BCUT2D eigenvalue weighted by Gasteiger charge is 1.85. The summed E-state index contributed by atoms with van der Waals surface area (Å²) in [6.07, 6.45) is 8.30. The molecule has 0 aromatic heterocycles. The van der Waals surface area contributed by atoms with Crippen LogP contribution >= 0.6 is 0 Å². The molecule has 0 aromatic rings. The smallest absolute Gasteiger partial charge is 0.0696 e. The van der Waals surface area contributed by atoms with E-state index in [-0.39, 0.29) is 0 Å². The average Bonchev–Trinajstić information content (AvgIpc) is 2.15.